The van der Waals surface area contributed by atoms with Crippen LogP contribution in [0.15, 0.2) is 0 Å². The summed E-state index contributed by atoms with van der Waals surface area (Å²) in [6.07, 6.45) is 4.50. The number of nitrogens with two attached hydrogens (primary N) is 1. The number of likely N-dealkylation sites (tertiary alicyclic amines) is 1. The largest absolute Gasteiger partial charge is 0.379 e. The van der Waals surface area contributed by atoms with E-state index >= 15 is 0 Å². The molecule has 0 atom stereocenters. The Kier molecular flexibility index (Phi) is 26.0. The fraction of sp³-hybridized carbons (Fsp3) is 1.00. The lowest BCUT2D eigenvalue weighted by atomic mass is 10.1. The van der Waals surface area contributed by atoms with Gasteiger partial charge in [-0.2, -0.15) is 0 Å². The summed E-state index contributed by atoms with van der Waals surface area (Å²) in [6.45, 7) is 14.8. The SMILES string of the molecule is CC.CCCCOCCOCCOCCOCCN1CCC(N)CC1.I.[HH]. The molecule has 0 aromatic rings. The van der Waals surface area contributed by atoms with Crippen LogP contribution in [0.2, 0.25) is 0 Å². The molecule has 0 aliphatic carbocycles. The minimum absolute atomic E-state index is 0. The van der Waals surface area contributed by atoms with E-state index in [0.717, 1.165) is 52.1 Å². The fourth-order valence-corrected chi connectivity index (χ4v) is 2.38. The molecule has 0 saturated carbocycles. The van der Waals surface area contributed by atoms with Crippen molar-refractivity contribution in [2.75, 3.05) is 72.5 Å². The average Bonchev–Trinajstić information content (AvgIpc) is 2.65. The van der Waals surface area contributed by atoms with Crippen LogP contribution in [0.3, 0.4) is 0 Å². The minimum atomic E-state index is 0. The normalized spacial score (nSPS) is 15.2. The van der Waals surface area contributed by atoms with Crippen LogP contribution in [-0.4, -0.2) is 83.4 Å². The highest BCUT2D eigenvalue weighted by Crippen LogP contribution is 2.07. The molecule has 2 N–H and O–H groups in total. The van der Waals surface area contributed by atoms with Gasteiger partial charge in [-0.05, 0) is 32.4 Å². The smallest absolute Gasteiger partial charge is 0.0701 e. The number of unbranched alkanes of at least 4 members (excludes halogenated alkanes) is 1. The Morgan fingerprint density at radius 1 is 0.808 bits per heavy atom. The first kappa shape index (κ1) is 28.7. The van der Waals surface area contributed by atoms with E-state index in [1.807, 2.05) is 13.8 Å². The topological polar surface area (TPSA) is 66.2 Å². The van der Waals surface area contributed by atoms with Crippen LogP contribution < -0.4 is 5.73 Å². The van der Waals surface area contributed by atoms with Gasteiger partial charge in [0, 0.05) is 20.6 Å². The molecule has 1 saturated heterocycles. The fourth-order valence-electron chi connectivity index (χ4n) is 2.38. The molecule has 0 bridgehead atoms. The van der Waals surface area contributed by atoms with E-state index in [1.165, 1.54) is 6.42 Å². The number of halogens is 1. The number of piperidine rings is 1. The number of hydrogen-bond donors (Lipinski definition) is 1. The number of rotatable bonds is 15. The Bertz CT molecular complexity index is 262. The van der Waals surface area contributed by atoms with Crippen LogP contribution >= 0.6 is 24.0 Å². The van der Waals surface area contributed by atoms with Gasteiger partial charge < -0.3 is 29.6 Å². The number of nitrogens with zero attached hydrogens (tertiary/aromatic N) is 1. The highest BCUT2D eigenvalue weighted by atomic mass is 127. The van der Waals surface area contributed by atoms with Crippen molar-refractivity contribution in [3.63, 3.8) is 0 Å². The number of ether oxygens (including phenoxy) is 4. The van der Waals surface area contributed by atoms with Crippen LogP contribution in [0, 0.1) is 0 Å². The second-order valence-corrected chi connectivity index (χ2v) is 5.98. The zero-order valence-corrected chi connectivity index (χ0v) is 19.6. The summed E-state index contributed by atoms with van der Waals surface area (Å²) in [7, 11) is 0. The Morgan fingerprint density at radius 3 is 1.69 bits per heavy atom. The lowest BCUT2D eigenvalue weighted by molar-refractivity contribution is -0.00458. The molecule has 1 aliphatic rings. The van der Waals surface area contributed by atoms with Gasteiger partial charge in [0.25, 0.3) is 0 Å². The first-order chi connectivity index (χ1) is 12.3. The highest BCUT2D eigenvalue weighted by molar-refractivity contribution is 14.0. The standard InChI is InChI=1S/C17H36N2O4.C2H6.HI.H2/c1-2-3-9-20-11-13-22-15-16-23-14-12-21-10-8-19-6-4-17(18)5-7-19;1-2;;/h17H,2-16,18H2,1H3;1-2H3;2*1H. The summed E-state index contributed by atoms with van der Waals surface area (Å²) >= 11 is 0. The van der Waals surface area contributed by atoms with Crippen molar-refractivity contribution in [1.29, 1.82) is 0 Å². The van der Waals surface area contributed by atoms with Crippen LogP contribution in [0.25, 0.3) is 0 Å². The summed E-state index contributed by atoms with van der Waals surface area (Å²) in [5.74, 6) is 0. The molecule has 1 fully saturated rings. The molecule has 0 radical (unpaired) electrons. The molecule has 7 heteroatoms. The third kappa shape index (κ3) is 19.3. The Labute approximate surface area is 179 Å². The molecule has 0 unspecified atom stereocenters. The van der Waals surface area contributed by atoms with Crippen molar-refractivity contribution in [3.8, 4) is 0 Å². The molecule has 162 valence electrons. The van der Waals surface area contributed by atoms with E-state index < -0.39 is 0 Å². The lowest BCUT2D eigenvalue weighted by Gasteiger charge is -2.29. The molecule has 1 rings (SSSR count). The molecular formula is C19H45IN2O4. The van der Waals surface area contributed by atoms with E-state index in [0.29, 0.717) is 45.7 Å². The summed E-state index contributed by atoms with van der Waals surface area (Å²) in [5.41, 5.74) is 5.89. The van der Waals surface area contributed by atoms with Crippen molar-refractivity contribution in [2.45, 2.75) is 52.5 Å². The van der Waals surface area contributed by atoms with Gasteiger partial charge in [-0.25, -0.2) is 0 Å². The third-order valence-electron chi connectivity index (χ3n) is 3.94. The molecular weight excluding hydrogens is 447 g/mol. The zero-order valence-electron chi connectivity index (χ0n) is 17.2. The van der Waals surface area contributed by atoms with Gasteiger partial charge in [0.15, 0.2) is 0 Å². The first-order valence-corrected chi connectivity index (χ1v) is 10.1. The van der Waals surface area contributed by atoms with Gasteiger partial charge >= 0.3 is 0 Å². The van der Waals surface area contributed by atoms with Gasteiger partial charge in [0.05, 0.1) is 46.2 Å². The van der Waals surface area contributed by atoms with E-state index in [9.17, 15) is 0 Å². The summed E-state index contributed by atoms with van der Waals surface area (Å²) < 4.78 is 21.9. The monoisotopic (exact) mass is 492 g/mol. The maximum absolute atomic E-state index is 5.89. The van der Waals surface area contributed by atoms with E-state index in [4.69, 9.17) is 24.7 Å². The van der Waals surface area contributed by atoms with Crippen LogP contribution in [0.1, 0.15) is 47.9 Å². The van der Waals surface area contributed by atoms with Gasteiger partial charge in [0.2, 0.25) is 0 Å². The van der Waals surface area contributed by atoms with Gasteiger partial charge in [-0.3, -0.25) is 0 Å². The Balaban J connectivity index is -0.00000139. The second-order valence-electron chi connectivity index (χ2n) is 5.98. The van der Waals surface area contributed by atoms with E-state index in [2.05, 4.69) is 11.8 Å². The average molecular weight is 492 g/mol. The van der Waals surface area contributed by atoms with Gasteiger partial charge in [-0.15, -0.1) is 24.0 Å². The summed E-state index contributed by atoms with van der Waals surface area (Å²) in [6, 6.07) is 0.394. The van der Waals surface area contributed by atoms with Crippen molar-refractivity contribution in [3.05, 3.63) is 0 Å². The molecule has 0 amide bonds. The van der Waals surface area contributed by atoms with Gasteiger partial charge in [0.1, 0.15) is 0 Å². The molecule has 0 aromatic carbocycles. The van der Waals surface area contributed by atoms with Crippen molar-refractivity contribution in [2.24, 2.45) is 5.73 Å². The van der Waals surface area contributed by atoms with Gasteiger partial charge in [-0.1, -0.05) is 27.2 Å². The molecule has 1 heterocycles. The predicted molar refractivity (Wildman–Crippen MR) is 121 cm³/mol. The molecule has 6 nitrogen and oxygen atoms in total. The quantitative estimate of drug-likeness (QED) is 0.280. The second kappa shape index (κ2) is 23.5. The van der Waals surface area contributed by atoms with E-state index in [-0.39, 0.29) is 25.4 Å². The molecule has 1 aliphatic heterocycles. The molecule has 0 aromatic heterocycles. The molecule has 26 heavy (non-hydrogen) atoms. The van der Waals surface area contributed by atoms with Crippen molar-refractivity contribution >= 4 is 24.0 Å². The van der Waals surface area contributed by atoms with Crippen molar-refractivity contribution < 1.29 is 20.4 Å². The Morgan fingerprint density at radius 2 is 1.23 bits per heavy atom. The third-order valence-corrected chi connectivity index (χ3v) is 3.94. The number of hydrogen-bond acceptors (Lipinski definition) is 6. The van der Waals surface area contributed by atoms with Crippen molar-refractivity contribution in [1.82, 2.24) is 4.90 Å². The zero-order chi connectivity index (χ0) is 18.6. The van der Waals surface area contributed by atoms with Crippen LogP contribution in [0.4, 0.5) is 0 Å². The lowest BCUT2D eigenvalue weighted by Crippen LogP contribution is -2.41. The first-order valence-electron chi connectivity index (χ1n) is 10.1. The molecule has 0 spiro atoms. The Hall–Kier alpha value is 0.490. The van der Waals surface area contributed by atoms with E-state index in [1.54, 1.807) is 0 Å². The highest BCUT2D eigenvalue weighted by Gasteiger charge is 2.14. The summed E-state index contributed by atoms with van der Waals surface area (Å²) in [5, 5.41) is 0. The maximum Gasteiger partial charge on any atom is 0.0701 e. The van der Waals surface area contributed by atoms with Crippen LogP contribution in [0.5, 0.6) is 0 Å². The summed E-state index contributed by atoms with van der Waals surface area (Å²) in [4.78, 5) is 2.42. The minimum Gasteiger partial charge on any atom is -0.379 e. The predicted octanol–water partition coefficient (Wildman–Crippen LogP) is 3.17. The maximum atomic E-state index is 5.89. The van der Waals surface area contributed by atoms with Crippen LogP contribution in [-0.2, 0) is 18.9 Å².